The summed E-state index contributed by atoms with van der Waals surface area (Å²) >= 11 is 0. The highest BCUT2D eigenvalue weighted by molar-refractivity contribution is 6.00. The SMILES string of the molecule is CCOC(=O)C1=CCCN1c1c(F)c(Oc2cccc(C3=NCCN3C)c2)nc(Oc2cc(C#N)ccc2OCc2ccccc2)c1F. The molecule has 0 radical (unpaired) electrons. The van der Waals surface area contributed by atoms with Crippen LogP contribution in [-0.2, 0) is 16.1 Å². The third-order valence-corrected chi connectivity index (χ3v) is 7.61. The smallest absolute Gasteiger partial charge is 0.354 e. The lowest BCUT2D eigenvalue weighted by Gasteiger charge is -2.24. The van der Waals surface area contributed by atoms with E-state index in [-0.39, 0.29) is 48.3 Å². The van der Waals surface area contributed by atoms with Gasteiger partial charge in [0.05, 0.1) is 24.8 Å². The Morgan fingerprint density at radius 2 is 1.75 bits per heavy atom. The first-order valence-corrected chi connectivity index (χ1v) is 15.3. The predicted octanol–water partition coefficient (Wildman–Crippen LogP) is 6.74. The van der Waals surface area contributed by atoms with Gasteiger partial charge in [-0.15, -0.1) is 0 Å². The molecular weight excluding hydrogens is 620 g/mol. The monoisotopic (exact) mass is 651 g/mol. The topological polar surface area (TPSA) is 110 Å². The lowest BCUT2D eigenvalue weighted by molar-refractivity contribution is -0.138. The number of benzene rings is 3. The second-order valence-corrected chi connectivity index (χ2v) is 10.9. The second-order valence-electron chi connectivity index (χ2n) is 10.9. The van der Waals surface area contributed by atoms with Crippen molar-refractivity contribution in [1.82, 2.24) is 9.88 Å². The number of carbonyl (C=O) groups excluding carboxylic acids is 1. The number of nitrogens with zero attached hydrogens (tertiary/aromatic N) is 5. The Morgan fingerprint density at radius 1 is 0.958 bits per heavy atom. The van der Waals surface area contributed by atoms with E-state index >= 15 is 8.78 Å². The molecule has 0 N–H and O–H groups in total. The summed E-state index contributed by atoms with van der Waals surface area (Å²) in [7, 11) is 1.92. The van der Waals surface area contributed by atoms with Crippen LogP contribution < -0.4 is 19.1 Å². The number of aromatic nitrogens is 1. The lowest BCUT2D eigenvalue weighted by Crippen LogP contribution is -2.27. The highest BCUT2D eigenvalue weighted by atomic mass is 19.1. The van der Waals surface area contributed by atoms with Crippen LogP contribution in [0.25, 0.3) is 0 Å². The van der Waals surface area contributed by atoms with Crippen LogP contribution in [0, 0.1) is 23.0 Å². The van der Waals surface area contributed by atoms with Crippen LogP contribution in [0.5, 0.6) is 29.0 Å². The van der Waals surface area contributed by atoms with Crippen molar-refractivity contribution in [3.63, 3.8) is 0 Å². The summed E-state index contributed by atoms with van der Waals surface area (Å²) in [5.74, 6) is -3.21. The number of ether oxygens (including phenoxy) is 4. The molecule has 0 amide bonds. The van der Waals surface area contributed by atoms with E-state index in [9.17, 15) is 10.1 Å². The predicted molar refractivity (Wildman–Crippen MR) is 173 cm³/mol. The zero-order valence-electron chi connectivity index (χ0n) is 26.3. The summed E-state index contributed by atoms with van der Waals surface area (Å²) in [6.07, 6.45) is 1.88. The molecule has 2 aliphatic rings. The Bertz CT molecular complexity index is 1940. The van der Waals surface area contributed by atoms with E-state index in [1.807, 2.05) is 54.4 Å². The van der Waals surface area contributed by atoms with Crippen LogP contribution in [0.15, 0.2) is 89.6 Å². The molecule has 0 spiro atoms. The molecule has 0 atom stereocenters. The summed E-state index contributed by atoms with van der Waals surface area (Å²) in [5, 5.41) is 9.58. The minimum atomic E-state index is -1.19. The van der Waals surface area contributed by atoms with Gasteiger partial charge in [-0.05, 0) is 43.2 Å². The van der Waals surface area contributed by atoms with E-state index in [2.05, 4.69) is 9.98 Å². The van der Waals surface area contributed by atoms with Crippen molar-refractivity contribution in [3.05, 3.63) is 113 Å². The Balaban J connectivity index is 1.42. The van der Waals surface area contributed by atoms with Gasteiger partial charge in [0, 0.05) is 31.8 Å². The Kier molecular flexibility index (Phi) is 9.47. The number of hydrogen-bond donors (Lipinski definition) is 0. The summed E-state index contributed by atoms with van der Waals surface area (Å²) in [5.41, 5.74) is 1.18. The highest BCUT2D eigenvalue weighted by Gasteiger charge is 2.34. The van der Waals surface area contributed by atoms with E-state index in [4.69, 9.17) is 18.9 Å². The second kappa shape index (κ2) is 14.2. The van der Waals surface area contributed by atoms with Gasteiger partial charge in [0.15, 0.2) is 11.5 Å². The Hall–Kier alpha value is -5.96. The quantitative estimate of drug-likeness (QED) is 0.163. The lowest BCUT2D eigenvalue weighted by atomic mass is 10.2. The van der Waals surface area contributed by atoms with Crippen molar-refractivity contribution in [2.75, 3.05) is 38.2 Å². The molecular formula is C36H31F2N5O5. The molecule has 3 aromatic carbocycles. The fourth-order valence-electron chi connectivity index (χ4n) is 5.32. The van der Waals surface area contributed by atoms with Crippen molar-refractivity contribution in [2.24, 2.45) is 4.99 Å². The molecule has 0 saturated carbocycles. The maximum absolute atomic E-state index is 16.5. The fourth-order valence-corrected chi connectivity index (χ4v) is 5.32. The van der Waals surface area contributed by atoms with Crippen molar-refractivity contribution in [2.45, 2.75) is 20.0 Å². The molecule has 6 rings (SSSR count). The number of amidine groups is 1. The first kappa shape index (κ1) is 32.0. The number of rotatable bonds is 11. The van der Waals surface area contributed by atoms with E-state index in [0.29, 0.717) is 13.0 Å². The molecule has 4 aromatic rings. The molecule has 12 heteroatoms. The maximum Gasteiger partial charge on any atom is 0.354 e. The van der Waals surface area contributed by atoms with Crippen molar-refractivity contribution >= 4 is 17.5 Å². The van der Waals surface area contributed by atoms with Crippen LogP contribution in [0.1, 0.15) is 30.0 Å². The largest absolute Gasteiger partial charge is 0.485 e. The molecule has 48 heavy (non-hydrogen) atoms. The summed E-state index contributed by atoms with van der Waals surface area (Å²) in [6, 6.07) is 22.7. The third-order valence-electron chi connectivity index (χ3n) is 7.61. The molecule has 0 unspecified atom stereocenters. The molecule has 0 saturated heterocycles. The Morgan fingerprint density at radius 3 is 2.48 bits per heavy atom. The number of halogens is 2. The van der Waals surface area contributed by atoms with Gasteiger partial charge in [-0.25, -0.2) is 4.79 Å². The number of carbonyl (C=O) groups is 1. The summed E-state index contributed by atoms with van der Waals surface area (Å²) < 4.78 is 55.9. The van der Waals surface area contributed by atoms with Crippen LogP contribution >= 0.6 is 0 Å². The van der Waals surface area contributed by atoms with Crippen LogP contribution in [0.4, 0.5) is 14.5 Å². The number of aliphatic imine (C=N–C) groups is 1. The number of pyridine rings is 1. The zero-order valence-corrected chi connectivity index (χ0v) is 26.3. The van der Waals surface area contributed by atoms with Gasteiger partial charge in [-0.1, -0.05) is 48.5 Å². The molecule has 0 bridgehead atoms. The molecule has 10 nitrogen and oxygen atoms in total. The van der Waals surface area contributed by atoms with E-state index in [0.717, 1.165) is 23.5 Å². The first-order chi connectivity index (χ1) is 23.4. The van der Waals surface area contributed by atoms with Crippen LogP contribution in [-0.4, -0.2) is 55.0 Å². The maximum atomic E-state index is 16.5. The molecule has 2 aliphatic heterocycles. The van der Waals surface area contributed by atoms with Gasteiger partial charge in [-0.2, -0.15) is 19.0 Å². The standard InChI is InChI=1S/C36H31F2N5O5/c1-3-45-36(44)27-13-8-17-43(27)32-30(37)34(47-26-12-7-11-25(20-26)33-40-16-18-42(33)2)41-35(31(32)38)48-29-19-24(21-39)14-15-28(29)46-22-23-9-5-4-6-10-23/h4-7,9-15,19-20H,3,8,16-18,22H2,1-2H3. The van der Waals surface area contributed by atoms with Gasteiger partial charge in [0.2, 0.25) is 11.6 Å². The molecule has 0 aliphatic carbocycles. The molecule has 0 fully saturated rings. The van der Waals surface area contributed by atoms with Gasteiger partial charge < -0.3 is 28.7 Å². The summed E-state index contributed by atoms with van der Waals surface area (Å²) in [4.78, 5) is 24.6. The number of anilines is 1. The van der Waals surface area contributed by atoms with Crippen LogP contribution in [0.2, 0.25) is 0 Å². The number of likely N-dealkylation sites (N-methyl/N-ethyl adjacent to an activating group) is 1. The minimum absolute atomic E-state index is 0.0274. The van der Waals surface area contributed by atoms with Gasteiger partial charge in [-0.3, -0.25) is 4.99 Å². The first-order valence-electron chi connectivity index (χ1n) is 15.3. The van der Waals surface area contributed by atoms with Gasteiger partial charge in [0.25, 0.3) is 11.8 Å². The van der Waals surface area contributed by atoms with Crippen molar-refractivity contribution in [3.8, 4) is 35.1 Å². The van der Waals surface area contributed by atoms with Crippen molar-refractivity contribution in [1.29, 1.82) is 5.26 Å². The number of hydrogen-bond acceptors (Lipinski definition) is 10. The van der Waals surface area contributed by atoms with E-state index in [1.165, 1.54) is 23.1 Å². The van der Waals surface area contributed by atoms with E-state index < -0.39 is 35.1 Å². The van der Waals surface area contributed by atoms with E-state index in [1.54, 1.807) is 31.2 Å². The zero-order chi connectivity index (χ0) is 33.6. The van der Waals surface area contributed by atoms with Crippen LogP contribution in [0.3, 0.4) is 0 Å². The minimum Gasteiger partial charge on any atom is -0.485 e. The third kappa shape index (κ3) is 6.76. The Labute approximate surface area is 276 Å². The van der Waals surface area contributed by atoms with Crippen molar-refractivity contribution < 1.29 is 32.5 Å². The average molecular weight is 652 g/mol. The number of nitriles is 1. The average Bonchev–Trinajstić information content (AvgIpc) is 3.76. The molecule has 3 heterocycles. The number of esters is 1. The highest BCUT2D eigenvalue weighted by Crippen LogP contribution is 2.42. The molecule has 1 aromatic heterocycles. The van der Waals surface area contributed by atoms with Gasteiger partial charge in [0.1, 0.15) is 29.6 Å². The molecule has 244 valence electrons. The summed E-state index contributed by atoms with van der Waals surface area (Å²) in [6.45, 7) is 3.35. The fraction of sp³-hybridized carbons (Fsp3) is 0.222. The van der Waals surface area contributed by atoms with Gasteiger partial charge >= 0.3 is 5.97 Å². The normalized spacial score (nSPS) is 13.9.